The van der Waals surface area contributed by atoms with Crippen LogP contribution in [0.2, 0.25) is 0 Å². The summed E-state index contributed by atoms with van der Waals surface area (Å²) >= 11 is 1.75. The van der Waals surface area contributed by atoms with Crippen LogP contribution in [0.25, 0.3) is 0 Å². The van der Waals surface area contributed by atoms with Gasteiger partial charge in [-0.05, 0) is 39.2 Å². The summed E-state index contributed by atoms with van der Waals surface area (Å²) in [6, 6.07) is 0.929. The highest BCUT2D eigenvalue weighted by Gasteiger charge is 2.25. The highest BCUT2D eigenvalue weighted by molar-refractivity contribution is 7.09. The minimum absolute atomic E-state index is 0.353. The van der Waals surface area contributed by atoms with Gasteiger partial charge in [0, 0.05) is 17.1 Å². The molecule has 1 heterocycles. The van der Waals surface area contributed by atoms with Gasteiger partial charge in [-0.15, -0.1) is 11.3 Å². The van der Waals surface area contributed by atoms with Crippen LogP contribution in [-0.2, 0) is 0 Å². The Labute approximate surface area is 108 Å². The fourth-order valence-corrected chi connectivity index (χ4v) is 3.49. The van der Waals surface area contributed by atoms with Gasteiger partial charge in [0.05, 0.1) is 6.04 Å². The molecule has 0 amide bonds. The van der Waals surface area contributed by atoms with Crippen molar-refractivity contribution in [2.45, 2.75) is 51.6 Å². The molecule has 3 nitrogen and oxygen atoms in total. The third-order valence-corrected chi connectivity index (χ3v) is 4.83. The van der Waals surface area contributed by atoms with Crippen molar-refractivity contribution in [1.82, 2.24) is 10.3 Å². The molecule has 0 spiro atoms. The number of nitrogens with one attached hydrogen (secondary N) is 1. The van der Waals surface area contributed by atoms with Crippen LogP contribution >= 0.6 is 11.3 Å². The first-order chi connectivity index (χ1) is 8.20. The second kappa shape index (κ2) is 5.94. The predicted octanol–water partition coefficient (Wildman–Crippen LogP) is 2.62. The Morgan fingerprint density at radius 1 is 1.53 bits per heavy atom. The van der Waals surface area contributed by atoms with E-state index in [1.165, 1.54) is 30.7 Å². The highest BCUT2D eigenvalue weighted by atomic mass is 32.1. The van der Waals surface area contributed by atoms with Gasteiger partial charge >= 0.3 is 0 Å². The Hall–Kier alpha value is -0.450. The zero-order valence-electron chi connectivity index (χ0n) is 10.8. The van der Waals surface area contributed by atoms with Crippen molar-refractivity contribution in [3.63, 3.8) is 0 Å². The first-order valence-corrected chi connectivity index (χ1v) is 7.47. The van der Waals surface area contributed by atoms with Crippen molar-refractivity contribution < 1.29 is 0 Å². The number of hydrogen-bond donors (Lipinski definition) is 2. The maximum absolute atomic E-state index is 5.86. The van der Waals surface area contributed by atoms with Crippen LogP contribution in [0.3, 0.4) is 0 Å². The summed E-state index contributed by atoms with van der Waals surface area (Å²) in [5, 5.41) is 7.04. The lowest BCUT2D eigenvalue weighted by atomic mass is 9.84. The predicted molar refractivity (Wildman–Crippen MR) is 73.2 cm³/mol. The highest BCUT2D eigenvalue weighted by Crippen LogP contribution is 2.26. The average molecular weight is 253 g/mol. The molecule has 1 aromatic rings. The molecular weight excluding hydrogens is 230 g/mol. The molecule has 0 bridgehead atoms. The number of rotatable bonds is 4. The molecule has 96 valence electrons. The average Bonchev–Trinajstić information content (AvgIpc) is 2.77. The molecule has 1 aliphatic rings. The lowest BCUT2D eigenvalue weighted by Crippen LogP contribution is -2.42. The van der Waals surface area contributed by atoms with E-state index in [0.29, 0.717) is 18.0 Å². The molecule has 3 N–H and O–H groups in total. The van der Waals surface area contributed by atoms with E-state index in [2.05, 4.69) is 29.5 Å². The summed E-state index contributed by atoms with van der Waals surface area (Å²) in [6.07, 6.45) is 5.21. The Balaban J connectivity index is 1.94. The second-order valence-corrected chi connectivity index (χ2v) is 5.99. The Morgan fingerprint density at radius 2 is 2.29 bits per heavy atom. The van der Waals surface area contributed by atoms with Crippen molar-refractivity contribution in [1.29, 1.82) is 0 Å². The monoisotopic (exact) mass is 253 g/mol. The second-order valence-electron chi connectivity index (χ2n) is 5.10. The molecule has 2 rings (SSSR count). The van der Waals surface area contributed by atoms with Gasteiger partial charge in [-0.2, -0.15) is 0 Å². The van der Waals surface area contributed by atoms with E-state index in [4.69, 9.17) is 5.73 Å². The van der Waals surface area contributed by atoms with Crippen LogP contribution in [0.4, 0.5) is 0 Å². The fraction of sp³-hybridized carbons (Fsp3) is 0.769. The molecule has 1 fully saturated rings. The number of nitrogens with zero attached hydrogens (tertiary/aromatic N) is 1. The number of aromatic nitrogens is 1. The third-order valence-electron chi connectivity index (χ3n) is 3.68. The van der Waals surface area contributed by atoms with Crippen LogP contribution in [0.15, 0.2) is 5.38 Å². The van der Waals surface area contributed by atoms with Gasteiger partial charge in [-0.1, -0.05) is 12.8 Å². The largest absolute Gasteiger partial charge is 0.330 e. The molecule has 3 atom stereocenters. The summed E-state index contributed by atoms with van der Waals surface area (Å²) in [7, 11) is 0. The van der Waals surface area contributed by atoms with E-state index in [1.807, 2.05) is 0 Å². The molecule has 3 unspecified atom stereocenters. The molecule has 1 aliphatic carbocycles. The van der Waals surface area contributed by atoms with Crippen molar-refractivity contribution in [2.75, 3.05) is 6.54 Å². The lowest BCUT2D eigenvalue weighted by Gasteiger charge is -2.33. The van der Waals surface area contributed by atoms with Gasteiger partial charge in [-0.25, -0.2) is 4.98 Å². The molecule has 0 aliphatic heterocycles. The quantitative estimate of drug-likeness (QED) is 0.867. The Kier molecular flexibility index (Phi) is 4.54. The SMILES string of the molecule is Cc1csc(C(C)NC2CCCCC2CN)n1. The molecule has 0 aromatic carbocycles. The molecule has 17 heavy (non-hydrogen) atoms. The lowest BCUT2D eigenvalue weighted by molar-refractivity contribution is 0.252. The summed E-state index contributed by atoms with van der Waals surface area (Å²) < 4.78 is 0. The third kappa shape index (κ3) is 3.27. The normalized spacial score (nSPS) is 27.0. The summed E-state index contributed by atoms with van der Waals surface area (Å²) in [5.74, 6) is 0.646. The molecular formula is C13H23N3S. The summed E-state index contributed by atoms with van der Waals surface area (Å²) in [5.41, 5.74) is 6.98. The zero-order valence-corrected chi connectivity index (χ0v) is 11.6. The Morgan fingerprint density at radius 3 is 2.94 bits per heavy atom. The number of hydrogen-bond acceptors (Lipinski definition) is 4. The summed E-state index contributed by atoms with van der Waals surface area (Å²) in [4.78, 5) is 4.55. The standard InChI is InChI=1S/C13H23N3S/c1-9-8-17-13(15-9)10(2)16-12-6-4-3-5-11(12)7-14/h8,10-12,16H,3-7,14H2,1-2H3. The van der Waals surface area contributed by atoms with Gasteiger partial charge < -0.3 is 11.1 Å². The molecule has 4 heteroatoms. The van der Waals surface area contributed by atoms with E-state index in [9.17, 15) is 0 Å². The van der Waals surface area contributed by atoms with Crippen molar-refractivity contribution in [2.24, 2.45) is 11.7 Å². The maximum Gasteiger partial charge on any atom is 0.110 e. The van der Waals surface area contributed by atoms with Crippen molar-refractivity contribution in [3.8, 4) is 0 Å². The van der Waals surface area contributed by atoms with Crippen LogP contribution in [0.5, 0.6) is 0 Å². The van der Waals surface area contributed by atoms with Gasteiger partial charge in [0.25, 0.3) is 0 Å². The molecule has 0 radical (unpaired) electrons. The van der Waals surface area contributed by atoms with Gasteiger partial charge in [0.1, 0.15) is 5.01 Å². The topological polar surface area (TPSA) is 50.9 Å². The number of aryl methyl sites for hydroxylation is 1. The smallest absolute Gasteiger partial charge is 0.110 e. The zero-order chi connectivity index (χ0) is 12.3. The molecule has 1 saturated carbocycles. The van der Waals surface area contributed by atoms with Crippen LogP contribution in [0.1, 0.15) is 49.4 Å². The first kappa shape index (κ1) is 13.0. The van der Waals surface area contributed by atoms with Crippen LogP contribution < -0.4 is 11.1 Å². The van der Waals surface area contributed by atoms with Gasteiger partial charge in [0.15, 0.2) is 0 Å². The van der Waals surface area contributed by atoms with Crippen molar-refractivity contribution in [3.05, 3.63) is 16.1 Å². The van der Waals surface area contributed by atoms with Crippen molar-refractivity contribution >= 4 is 11.3 Å². The van der Waals surface area contributed by atoms with Crippen LogP contribution in [0, 0.1) is 12.8 Å². The Bertz CT molecular complexity index is 350. The van der Waals surface area contributed by atoms with Crippen LogP contribution in [-0.4, -0.2) is 17.6 Å². The van der Waals surface area contributed by atoms with E-state index >= 15 is 0 Å². The first-order valence-electron chi connectivity index (χ1n) is 6.59. The minimum atomic E-state index is 0.353. The summed E-state index contributed by atoms with van der Waals surface area (Å²) in [6.45, 7) is 5.07. The fourth-order valence-electron chi connectivity index (χ4n) is 2.67. The minimum Gasteiger partial charge on any atom is -0.330 e. The maximum atomic E-state index is 5.86. The van der Waals surface area contributed by atoms with E-state index in [1.54, 1.807) is 11.3 Å². The number of nitrogens with two attached hydrogens (primary N) is 1. The van der Waals surface area contributed by atoms with E-state index in [0.717, 1.165) is 12.2 Å². The van der Waals surface area contributed by atoms with Gasteiger partial charge in [0.2, 0.25) is 0 Å². The van der Waals surface area contributed by atoms with E-state index in [-0.39, 0.29) is 0 Å². The molecule has 0 saturated heterocycles. The number of thiazole rings is 1. The molecule has 1 aromatic heterocycles. The van der Waals surface area contributed by atoms with E-state index < -0.39 is 0 Å². The van der Waals surface area contributed by atoms with Gasteiger partial charge in [-0.3, -0.25) is 0 Å².